The summed E-state index contributed by atoms with van der Waals surface area (Å²) in [5, 5.41) is 0. The second-order valence-corrected chi connectivity index (χ2v) is 11.0. The molecule has 9 heteroatoms. The van der Waals surface area contributed by atoms with Gasteiger partial charge in [0.2, 0.25) is 5.88 Å². The molecule has 1 aliphatic heterocycles. The highest BCUT2D eigenvalue weighted by Crippen LogP contribution is 2.39. The predicted molar refractivity (Wildman–Crippen MR) is 151 cm³/mol. The second kappa shape index (κ2) is 10.6. The van der Waals surface area contributed by atoms with Gasteiger partial charge in [0.1, 0.15) is 28.2 Å². The molecule has 2 aromatic carbocycles. The Balaban J connectivity index is 1.59. The summed E-state index contributed by atoms with van der Waals surface area (Å²) in [6, 6.07) is 15.8. The molecule has 0 saturated carbocycles. The van der Waals surface area contributed by atoms with Crippen molar-refractivity contribution in [2.45, 2.75) is 40.2 Å². The summed E-state index contributed by atoms with van der Waals surface area (Å²) in [7, 11) is 0. The van der Waals surface area contributed by atoms with Crippen LogP contribution in [0.3, 0.4) is 0 Å². The largest absolute Gasteiger partial charge is 0.444 e. The number of pyridine rings is 1. The van der Waals surface area contributed by atoms with Crippen LogP contribution in [0, 0.1) is 19.7 Å². The van der Waals surface area contributed by atoms with Crippen LogP contribution < -0.4 is 4.74 Å². The maximum absolute atomic E-state index is 14.3. The Hall–Kier alpha value is -4.40. The Morgan fingerprint density at radius 3 is 2.27 bits per heavy atom. The van der Waals surface area contributed by atoms with E-state index in [0.717, 1.165) is 16.8 Å². The lowest BCUT2D eigenvalue weighted by Gasteiger charge is -2.35. The number of piperazine rings is 1. The number of halogens is 1. The zero-order valence-electron chi connectivity index (χ0n) is 23.4. The molecule has 0 bridgehead atoms. The van der Waals surface area contributed by atoms with Gasteiger partial charge in [-0.3, -0.25) is 14.3 Å². The Labute approximate surface area is 232 Å². The summed E-state index contributed by atoms with van der Waals surface area (Å²) in [4.78, 5) is 34.7. The molecule has 4 aromatic rings. The zero-order valence-corrected chi connectivity index (χ0v) is 23.4. The molecular weight excluding hydrogens is 511 g/mol. The van der Waals surface area contributed by atoms with Crippen molar-refractivity contribution in [2.75, 3.05) is 26.2 Å². The van der Waals surface area contributed by atoms with Crippen LogP contribution in [-0.4, -0.2) is 63.1 Å². The van der Waals surface area contributed by atoms with Crippen LogP contribution in [-0.2, 0) is 4.74 Å². The fraction of sp³-hybridized carbons (Fsp3) is 0.323. The van der Waals surface area contributed by atoms with Crippen molar-refractivity contribution in [1.82, 2.24) is 19.4 Å². The Morgan fingerprint density at radius 1 is 0.925 bits per heavy atom. The highest BCUT2D eigenvalue weighted by molar-refractivity contribution is 6.09. The zero-order chi connectivity index (χ0) is 28.6. The first-order chi connectivity index (χ1) is 19.0. The van der Waals surface area contributed by atoms with Gasteiger partial charge in [0.15, 0.2) is 0 Å². The number of para-hydroxylation sites is 1. The van der Waals surface area contributed by atoms with E-state index in [1.165, 1.54) is 12.1 Å². The molecule has 3 heterocycles. The smallest absolute Gasteiger partial charge is 0.410 e. The molecule has 40 heavy (non-hydrogen) atoms. The molecule has 0 aliphatic carbocycles. The van der Waals surface area contributed by atoms with Crippen molar-refractivity contribution >= 4 is 23.0 Å². The summed E-state index contributed by atoms with van der Waals surface area (Å²) in [5.41, 5.74) is 3.28. The topological polar surface area (TPSA) is 76.9 Å². The number of nitrogens with zero attached hydrogens (tertiary/aromatic N) is 4. The van der Waals surface area contributed by atoms with Crippen LogP contribution in [0.2, 0.25) is 0 Å². The van der Waals surface area contributed by atoms with Gasteiger partial charge >= 0.3 is 6.09 Å². The summed E-state index contributed by atoms with van der Waals surface area (Å²) >= 11 is 0. The van der Waals surface area contributed by atoms with Crippen LogP contribution in [0.4, 0.5) is 9.18 Å². The third-order valence-electron chi connectivity index (χ3n) is 6.70. The summed E-state index contributed by atoms with van der Waals surface area (Å²) < 4.78 is 28.0. The van der Waals surface area contributed by atoms with Gasteiger partial charge in [-0.05, 0) is 70.0 Å². The van der Waals surface area contributed by atoms with E-state index in [1.807, 2.05) is 75.6 Å². The number of aromatic nitrogens is 2. The van der Waals surface area contributed by atoms with Crippen LogP contribution in [0.25, 0.3) is 16.7 Å². The number of benzene rings is 2. The van der Waals surface area contributed by atoms with E-state index in [1.54, 1.807) is 22.1 Å². The molecule has 2 amide bonds. The molecule has 1 saturated heterocycles. The highest BCUT2D eigenvalue weighted by atomic mass is 19.1. The van der Waals surface area contributed by atoms with E-state index >= 15 is 0 Å². The first kappa shape index (κ1) is 27.2. The van der Waals surface area contributed by atoms with Crippen LogP contribution in [0.5, 0.6) is 11.6 Å². The van der Waals surface area contributed by atoms with E-state index in [0.29, 0.717) is 43.0 Å². The molecule has 5 rings (SSSR count). The normalized spacial score (nSPS) is 13.9. The molecule has 0 N–H and O–H groups in total. The highest BCUT2D eigenvalue weighted by Gasteiger charge is 2.33. The first-order valence-electron chi connectivity index (χ1n) is 13.3. The number of fused-ring (bicyclic) bond motifs is 1. The molecule has 208 valence electrons. The number of carbonyl (C=O) groups is 2. The molecule has 0 unspecified atom stereocenters. The lowest BCUT2D eigenvalue weighted by molar-refractivity contribution is 0.0140. The molecule has 0 radical (unpaired) electrons. The third-order valence-corrected chi connectivity index (χ3v) is 6.70. The lowest BCUT2D eigenvalue weighted by Crippen LogP contribution is -2.51. The van der Waals surface area contributed by atoms with Gasteiger partial charge in [0, 0.05) is 44.1 Å². The second-order valence-electron chi connectivity index (χ2n) is 11.0. The Morgan fingerprint density at radius 2 is 1.60 bits per heavy atom. The van der Waals surface area contributed by atoms with Gasteiger partial charge in [-0.15, -0.1) is 0 Å². The van der Waals surface area contributed by atoms with Crippen LogP contribution in [0.15, 0.2) is 60.8 Å². The summed E-state index contributed by atoms with van der Waals surface area (Å²) in [5.74, 6) is -0.153. The number of hydrogen-bond donors (Lipinski definition) is 0. The number of hydrogen-bond acceptors (Lipinski definition) is 5. The molecule has 1 aliphatic rings. The third kappa shape index (κ3) is 5.50. The van der Waals surface area contributed by atoms with E-state index in [2.05, 4.69) is 4.98 Å². The number of rotatable bonds is 4. The Bertz CT molecular complexity index is 1570. The molecular formula is C31H33FN4O4. The number of amides is 2. The fourth-order valence-corrected chi connectivity index (χ4v) is 4.73. The van der Waals surface area contributed by atoms with E-state index in [9.17, 15) is 14.0 Å². The van der Waals surface area contributed by atoms with Gasteiger partial charge in [-0.25, -0.2) is 9.18 Å². The van der Waals surface area contributed by atoms with E-state index in [4.69, 9.17) is 9.47 Å². The molecule has 0 atom stereocenters. The standard InChI is InChI=1S/C31H33FN4O4/c1-20-17-24-27(33-19-20)26(28(37)34-13-15-35(16-14-34)30(38)40-31(3,4)5)29(36(24)23-9-7-6-8-10-23)39-25-18-22(32)12-11-21(25)2/h6-12,17-19H,13-16H2,1-5H3. The molecule has 0 spiro atoms. The van der Waals surface area contributed by atoms with Crippen molar-refractivity contribution in [1.29, 1.82) is 0 Å². The molecule has 1 fully saturated rings. The van der Waals surface area contributed by atoms with Gasteiger partial charge < -0.3 is 19.3 Å². The van der Waals surface area contributed by atoms with Gasteiger partial charge in [-0.2, -0.15) is 0 Å². The minimum Gasteiger partial charge on any atom is -0.444 e. The number of ether oxygens (including phenoxy) is 2. The van der Waals surface area contributed by atoms with Crippen molar-refractivity contribution in [3.05, 3.63) is 83.3 Å². The van der Waals surface area contributed by atoms with Gasteiger partial charge in [-0.1, -0.05) is 24.3 Å². The Kier molecular flexibility index (Phi) is 7.23. The van der Waals surface area contributed by atoms with Crippen molar-refractivity contribution in [3.63, 3.8) is 0 Å². The minimum atomic E-state index is -0.603. The SMILES string of the molecule is Cc1cnc2c(C(=O)N3CCN(C(=O)OC(C)(C)C)CC3)c(Oc3cc(F)ccc3C)n(-c3ccccc3)c2c1. The van der Waals surface area contributed by atoms with Gasteiger partial charge in [0.25, 0.3) is 5.91 Å². The van der Waals surface area contributed by atoms with Crippen molar-refractivity contribution < 1.29 is 23.5 Å². The lowest BCUT2D eigenvalue weighted by atomic mass is 10.2. The number of carbonyl (C=O) groups excluding carboxylic acids is 2. The maximum atomic E-state index is 14.3. The van der Waals surface area contributed by atoms with Crippen molar-refractivity contribution in [2.24, 2.45) is 0 Å². The summed E-state index contributed by atoms with van der Waals surface area (Å²) in [6.45, 7) is 10.5. The van der Waals surface area contributed by atoms with Crippen LogP contribution in [0.1, 0.15) is 42.3 Å². The fourth-order valence-electron chi connectivity index (χ4n) is 4.73. The number of aryl methyl sites for hydroxylation is 2. The minimum absolute atomic E-state index is 0.257. The summed E-state index contributed by atoms with van der Waals surface area (Å²) in [6.07, 6.45) is 1.31. The maximum Gasteiger partial charge on any atom is 0.410 e. The molecule has 8 nitrogen and oxygen atoms in total. The monoisotopic (exact) mass is 544 g/mol. The molecule has 2 aromatic heterocycles. The first-order valence-corrected chi connectivity index (χ1v) is 13.3. The quantitative estimate of drug-likeness (QED) is 0.303. The van der Waals surface area contributed by atoms with Gasteiger partial charge in [0.05, 0.1) is 5.52 Å². The van der Waals surface area contributed by atoms with E-state index < -0.39 is 17.5 Å². The average molecular weight is 545 g/mol. The van der Waals surface area contributed by atoms with Crippen molar-refractivity contribution in [3.8, 4) is 17.3 Å². The van der Waals surface area contributed by atoms with Crippen LogP contribution >= 0.6 is 0 Å². The van der Waals surface area contributed by atoms with E-state index in [-0.39, 0.29) is 17.4 Å². The predicted octanol–water partition coefficient (Wildman–Crippen LogP) is 6.27. The average Bonchev–Trinajstić information content (AvgIpc) is 3.22.